The lowest BCUT2D eigenvalue weighted by atomic mass is 10.3. The molecule has 0 atom stereocenters. The molecule has 1 aromatic rings. The van der Waals surface area contributed by atoms with Crippen LogP contribution in [-0.2, 0) is 4.74 Å². The summed E-state index contributed by atoms with van der Waals surface area (Å²) in [5.74, 6) is -0.0217. The summed E-state index contributed by atoms with van der Waals surface area (Å²) in [7, 11) is 0. The Balaban J connectivity index is 2.46. The Kier molecular flexibility index (Phi) is 4.92. The van der Waals surface area contributed by atoms with E-state index in [-0.39, 0.29) is 10.8 Å². The highest BCUT2D eigenvalue weighted by Crippen LogP contribution is 2.25. The lowest BCUT2D eigenvalue weighted by molar-refractivity contribution is 0.160. The highest BCUT2D eigenvalue weighted by atomic mass is 35.5. The molecule has 0 fully saturated rings. The maximum Gasteiger partial charge on any atom is 0.411 e. The van der Waals surface area contributed by atoms with E-state index < -0.39 is 6.09 Å². The molecular weight excluding hydrogens is 230 g/mol. The standard InChI is InChI=1S/C11H14ClNO3/c1-2-3-6-16-11(15)13-8-4-5-10(14)9(12)7-8/h4-5,7,14H,2-3,6H2,1H3,(H,13,15). The molecule has 2 N–H and O–H groups in total. The number of aromatic hydroxyl groups is 1. The van der Waals surface area contributed by atoms with Crippen molar-refractivity contribution in [1.82, 2.24) is 0 Å². The predicted molar refractivity (Wildman–Crippen MR) is 63.0 cm³/mol. The summed E-state index contributed by atoms with van der Waals surface area (Å²) in [6.45, 7) is 2.41. The Labute approximate surface area is 99.2 Å². The van der Waals surface area contributed by atoms with Crippen molar-refractivity contribution >= 4 is 23.4 Å². The second kappa shape index (κ2) is 6.23. The maximum atomic E-state index is 11.2. The van der Waals surface area contributed by atoms with Gasteiger partial charge >= 0.3 is 6.09 Å². The Morgan fingerprint density at radius 3 is 2.94 bits per heavy atom. The molecule has 0 saturated heterocycles. The highest BCUT2D eigenvalue weighted by Gasteiger charge is 2.04. The first-order chi connectivity index (χ1) is 7.63. The first kappa shape index (κ1) is 12.6. The maximum absolute atomic E-state index is 11.2. The molecule has 0 aliphatic heterocycles. The van der Waals surface area contributed by atoms with Gasteiger partial charge in [-0.15, -0.1) is 0 Å². The molecule has 0 aliphatic rings. The molecule has 0 radical (unpaired) electrons. The van der Waals surface area contributed by atoms with E-state index in [0.29, 0.717) is 12.3 Å². The SMILES string of the molecule is CCCCOC(=O)Nc1ccc(O)c(Cl)c1. The van der Waals surface area contributed by atoms with Crippen LogP contribution in [0.15, 0.2) is 18.2 Å². The normalized spacial score (nSPS) is 9.88. The number of carbonyl (C=O) groups is 1. The fourth-order valence-electron chi connectivity index (χ4n) is 1.05. The molecule has 0 saturated carbocycles. The van der Waals surface area contributed by atoms with Gasteiger partial charge in [-0.2, -0.15) is 0 Å². The number of hydrogen-bond donors (Lipinski definition) is 2. The smallest absolute Gasteiger partial charge is 0.411 e. The van der Waals surface area contributed by atoms with E-state index in [0.717, 1.165) is 12.8 Å². The van der Waals surface area contributed by atoms with Gasteiger partial charge in [0.05, 0.1) is 11.6 Å². The van der Waals surface area contributed by atoms with Crippen LogP contribution >= 0.6 is 11.6 Å². The number of amides is 1. The van der Waals surface area contributed by atoms with Gasteiger partial charge in [-0.05, 0) is 24.6 Å². The van der Waals surface area contributed by atoms with Crippen molar-refractivity contribution in [2.75, 3.05) is 11.9 Å². The fourth-order valence-corrected chi connectivity index (χ4v) is 1.23. The van der Waals surface area contributed by atoms with Gasteiger partial charge in [0.15, 0.2) is 0 Å². The molecule has 1 aromatic carbocycles. The van der Waals surface area contributed by atoms with E-state index in [4.69, 9.17) is 16.3 Å². The second-order valence-corrected chi connectivity index (χ2v) is 3.69. The van der Waals surface area contributed by atoms with Gasteiger partial charge in [-0.3, -0.25) is 5.32 Å². The minimum Gasteiger partial charge on any atom is -0.506 e. The van der Waals surface area contributed by atoms with Gasteiger partial charge < -0.3 is 9.84 Å². The summed E-state index contributed by atoms with van der Waals surface area (Å²) in [6, 6.07) is 4.41. The molecule has 0 aliphatic carbocycles. The first-order valence-electron chi connectivity index (χ1n) is 5.05. The van der Waals surface area contributed by atoms with Gasteiger partial charge in [-0.1, -0.05) is 24.9 Å². The Morgan fingerprint density at radius 1 is 1.56 bits per heavy atom. The van der Waals surface area contributed by atoms with E-state index in [1.807, 2.05) is 6.92 Å². The number of anilines is 1. The zero-order valence-electron chi connectivity index (χ0n) is 9.00. The highest BCUT2D eigenvalue weighted by molar-refractivity contribution is 6.32. The molecule has 0 spiro atoms. The van der Waals surface area contributed by atoms with E-state index in [1.54, 1.807) is 6.07 Å². The number of halogens is 1. The predicted octanol–water partition coefficient (Wildman–Crippen LogP) is 3.39. The number of phenols is 1. The molecule has 0 heterocycles. The molecule has 0 unspecified atom stereocenters. The lowest BCUT2D eigenvalue weighted by Gasteiger charge is -2.07. The van der Waals surface area contributed by atoms with E-state index >= 15 is 0 Å². The van der Waals surface area contributed by atoms with Gasteiger partial charge in [0.2, 0.25) is 0 Å². The third-order valence-electron chi connectivity index (χ3n) is 1.93. The number of hydrogen-bond acceptors (Lipinski definition) is 3. The monoisotopic (exact) mass is 243 g/mol. The van der Waals surface area contributed by atoms with Crippen LogP contribution in [0.4, 0.5) is 10.5 Å². The summed E-state index contributed by atoms with van der Waals surface area (Å²) >= 11 is 5.68. The van der Waals surface area contributed by atoms with Crippen molar-refractivity contribution < 1.29 is 14.6 Å². The number of carbonyl (C=O) groups excluding carboxylic acids is 1. The minimum atomic E-state index is -0.518. The average Bonchev–Trinajstić information content (AvgIpc) is 2.24. The molecule has 1 amide bonds. The molecule has 0 aromatic heterocycles. The first-order valence-corrected chi connectivity index (χ1v) is 5.43. The Bertz CT molecular complexity index is 368. The number of nitrogens with one attached hydrogen (secondary N) is 1. The lowest BCUT2D eigenvalue weighted by Crippen LogP contribution is -2.14. The summed E-state index contributed by atoms with van der Waals surface area (Å²) in [4.78, 5) is 11.2. The van der Waals surface area contributed by atoms with Gasteiger partial charge in [-0.25, -0.2) is 4.79 Å². The van der Waals surface area contributed by atoms with Crippen LogP contribution in [0.1, 0.15) is 19.8 Å². The van der Waals surface area contributed by atoms with Crippen LogP contribution in [-0.4, -0.2) is 17.8 Å². The quantitative estimate of drug-likeness (QED) is 0.630. The third kappa shape index (κ3) is 3.98. The molecule has 4 nitrogen and oxygen atoms in total. The van der Waals surface area contributed by atoms with Gasteiger partial charge in [0, 0.05) is 5.69 Å². The van der Waals surface area contributed by atoms with Crippen molar-refractivity contribution in [2.24, 2.45) is 0 Å². The largest absolute Gasteiger partial charge is 0.506 e. The van der Waals surface area contributed by atoms with Crippen molar-refractivity contribution in [3.05, 3.63) is 23.2 Å². The van der Waals surface area contributed by atoms with Crippen molar-refractivity contribution in [3.8, 4) is 5.75 Å². The second-order valence-electron chi connectivity index (χ2n) is 3.28. The van der Waals surface area contributed by atoms with Crippen LogP contribution in [0, 0.1) is 0 Å². The number of phenolic OH excluding ortho intramolecular Hbond substituents is 1. The van der Waals surface area contributed by atoms with Gasteiger partial charge in [0.25, 0.3) is 0 Å². The van der Waals surface area contributed by atoms with Crippen molar-refractivity contribution in [2.45, 2.75) is 19.8 Å². The third-order valence-corrected chi connectivity index (χ3v) is 2.23. The van der Waals surface area contributed by atoms with E-state index in [9.17, 15) is 9.90 Å². The molecule has 88 valence electrons. The molecule has 0 bridgehead atoms. The topological polar surface area (TPSA) is 58.6 Å². The van der Waals surface area contributed by atoms with Crippen molar-refractivity contribution in [3.63, 3.8) is 0 Å². The minimum absolute atomic E-state index is 0.0217. The number of rotatable bonds is 4. The number of ether oxygens (including phenoxy) is 1. The molecule has 16 heavy (non-hydrogen) atoms. The van der Waals surface area contributed by atoms with Crippen LogP contribution in [0.25, 0.3) is 0 Å². The van der Waals surface area contributed by atoms with E-state index in [1.165, 1.54) is 12.1 Å². The van der Waals surface area contributed by atoms with Gasteiger partial charge in [0.1, 0.15) is 5.75 Å². The zero-order chi connectivity index (χ0) is 12.0. The molecule has 1 rings (SSSR count). The Hall–Kier alpha value is -1.42. The van der Waals surface area contributed by atoms with E-state index in [2.05, 4.69) is 5.32 Å². The summed E-state index contributed by atoms with van der Waals surface area (Å²) < 4.78 is 4.90. The summed E-state index contributed by atoms with van der Waals surface area (Å²) in [6.07, 6.45) is 1.29. The number of benzene rings is 1. The fraction of sp³-hybridized carbons (Fsp3) is 0.364. The zero-order valence-corrected chi connectivity index (χ0v) is 9.75. The van der Waals surface area contributed by atoms with Crippen LogP contribution in [0.3, 0.4) is 0 Å². The Morgan fingerprint density at radius 2 is 2.31 bits per heavy atom. The van der Waals surface area contributed by atoms with Crippen molar-refractivity contribution in [1.29, 1.82) is 0 Å². The summed E-state index contributed by atoms with van der Waals surface area (Å²) in [5, 5.41) is 11.9. The van der Waals surface area contributed by atoms with Crippen LogP contribution in [0.5, 0.6) is 5.75 Å². The summed E-state index contributed by atoms with van der Waals surface area (Å²) in [5.41, 5.74) is 0.490. The molecule has 5 heteroatoms. The van der Waals surface area contributed by atoms with Crippen LogP contribution < -0.4 is 5.32 Å². The average molecular weight is 244 g/mol. The number of unbranched alkanes of at least 4 members (excludes halogenated alkanes) is 1. The van der Waals surface area contributed by atoms with Crippen LogP contribution in [0.2, 0.25) is 5.02 Å². The molecular formula is C11H14ClNO3.